The molecule has 2 rings (SSSR count). The summed E-state index contributed by atoms with van der Waals surface area (Å²) in [6.07, 6.45) is 3.59. The van der Waals surface area contributed by atoms with Gasteiger partial charge in [-0.2, -0.15) is 0 Å². The molecule has 0 N–H and O–H groups in total. The van der Waals surface area contributed by atoms with E-state index in [2.05, 4.69) is 105 Å². The highest BCUT2D eigenvalue weighted by atomic mass is 28.3. The van der Waals surface area contributed by atoms with Gasteiger partial charge >= 0.3 is 0 Å². The summed E-state index contributed by atoms with van der Waals surface area (Å²) >= 11 is 0. The van der Waals surface area contributed by atoms with E-state index in [0.717, 1.165) is 6.42 Å². The maximum absolute atomic E-state index is 3.76. The van der Waals surface area contributed by atoms with Crippen LogP contribution in [0.25, 0.3) is 0 Å². The van der Waals surface area contributed by atoms with Crippen molar-refractivity contribution < 1.29 is 0 Å². The molecule has 2 aromatic carbocycles. The molecular weight excluding hydrogens is 332 g/mol. The van der Waals surface area contributed by atoms with Crippen LogP contribution in [0.4, 0.5) is 0 Å². The van der Waals surface area contributed by atoms with E-state index in [1.54, 1.807) is 0 Å². The molecule has 0 aliphatic rings. The van der Waals surface area contributed by atoms with E-state index >= 15 is 0 Å². The molecule has 0 heterocycles. The second-order valence-corrected chi connectivity index (χ2v) is 18.0. The molecule has 2 heteroatoms. The molecular formula is C23H32Si2. The Hall–Kier alpha value is -1.57. The summed E-state index contributed by atoms with van der Waals surface area (Å²) in [5.41, 5.74) is 5.65. The van der Waals surface area contributed by atoms with Gasteiger partial charge in [0.05, 0.1) is 8.07 Å². The maximum Gasteiger partial charge on any atom is 0.129 e. The smallest absolute Gasteiger partial charge is 0.129 e. The fourth-order valence-electron chi connectivity index (χ4n) is 3.14. The van der Waals surface area contributed by atoms with Gasteiger partial charge in [0, 0.05) is 5.54 Å². The first kappa shape index (κ1) is 19.8. The van der Waals surface area contributed by atoms with Gasteiger partial charge in [0.25, 0.3) is 0 Å². The zero-order valence-corrected chi connectivity index (χ0v) is 18.5. The van der Waals surface area contributed by atoms with Crippen LogP contribution in [0.5, 0.6) is 0 Å². The summed E-state index contributed by atoms with van der Waals surface area (Å²) in [6, 6.07) is 21.9. The average molecular weight is 365 g/mol. The molecule has 25 heavy (non-hydrogen) atoms. The van der Waals surface area contributed by atoms with Crippen LogP contribution in [0.2, 0.25) is 38.3 Å². The monoisotopic (exact) mass is 364 g/mol. The summed E-state index contributed by atoms with van der Waals surface area (Å²) in [5.74, 6) is 3.76. The Morgan fingerprint density at radius 3 is 1.92 bits per heavy atom. The Labute approximate surface area is 156 Å². The average Bonchev–Trinajstić information content (AvgIpc) is 2.58. The largest absolute Gasteiger partial charge is 0.132 e. The first-order chi connectivity index (χ1) is 11.8. The lowest BCUT2D eigenvalue weighted by molar-refractivity contribution is 0.743. The Balaban J connectivity index is 2.16. The quantitative estimate of drug-likeness (QED) is 0.444. The molecule has 0 saturated heterocycles. The molecule has 1 unspecified atom stereocenters. The molecule has 0 radical (unpaired) electrons. The van der Waals surface area contributed by atoms with E-state index in [9.17, 15) is 0 Å². The highest BCUT2D eigenvalue weighted by Gasteiger charge is 2.32. The molecule has 0 amide bonds. The Bertz CT molecular complexity index is 700. The second-order valence-electron chi connectivity index (χ2n) is 8.54. The van der Waals surface area contributed by atoms with Crippen LogP contribution < -0.4 is 5.19 Å². The van der Waals surface area contributed by atoms with Crippen molar-refractivity contribution in [2.75, 3.05) is 0 Å². The summed E-state index contributed by atoms with van der Waals surface area (Å²) < 4.78 is 0. The van der Waals surface area contributed by atoms with Crippen molar-refractivity contribution in [2.24, 2.45) is 0 Å². The third-order valence-electron chi connectivity index (χ3n) is 4.81. The van der Waals surface area contributed by atoms with Gasteiger partial charge in [0.1, 0.15) is 8.07 Å². The maximum atomic E-state index is 3.76. The van der Waals surface area contributed by atoms with E-state index in [1.165, 1.54) is 23.6 Å². The van der Waals surface area contributed by atoms with Crippen LogP contribution in [0.1, 0.15) is 18.4 Å². The number of rotatable bonds is 6. The summed E-state index contributed by atoms with van der Waals surface area (Å²) in [5, 5.41) is 1.53. The standard InChI is InChI=1S/C23H32Si2/c1-24(2,3)20-19-23(18-12-15-21-13-8-6-9-14-21)25(4,5)22-16-10-7-11-17-22/h6-11,13-14,16-17,23H,12,15,18H2,1-5H3. The SMILES string of the molecule is C[Si](C)(C)C#CC(CCCc1ccccc1)[Si](C)(C)c1ccccc1. The van der Waals surface area contributed by atoms with Crippen LogP contribution in [0, 0.1) is 11.5 Å². The minimum Gasteiger partial charge on any atom is -0.132 e. The third kappa shape index (κ3) is 6.34. The highest BCUT2D eigenvalue weighted by molar-refractivity contribution is 6.91. The van der Waals surface area contributed by atoms with E-state index < -0.39 is 16.1 Å². The van der Waals surface area contributed by atoms with Gasteiger partial charge in [0.15, 0.2) is 0 Å². The molecule has 0 nitrogen and oxygen atoms in total. The zero-order chi connectivity index (χ0) is 18.3. The number of benzene rings is 2. The van der Waals surface area contributed by atoms with Gasteiger partial charge in [0.2, 0.25) is 0 Å². The molecule has 2 aromatic rings. The Morgan fingerprint density at radius 1 is 0.800 bits per heavy atom. The van der Waals surface area contributed by atoms with Crippen LogP contribution in [-0.4, -0.2) is 16.1 Å². The summed E-state index contributed by atoms with van der Waals surface area (Å²) in [6.45, 7) is 12.0. The van der Waals surface area contributed by atoms with Crippen molar-refractivity contribution in [2.45, 2.75) is 57.5 Å². The van der Waals surface area contributed by atoms with Crippen molar-refractivity contribution in [3.8, 4) is 11.5 Å². The fourth-order valence-corrected chi connectivity index (χ4v) is 6.71. The van der Waals surface area contributed by atoms with Gasteiger partial charge in [-0.1, -0.05) is 98.6 Å². The fraction of sp³-hybridized carbons (Fsp3) is 0.391. The van der Waals surface area contributed by atoms with Gasteiger partial charge in [-0.15, -0.1) is 11.5 Å². The van der Waals surface area contributed by atoms with Gasteiger partial charge in [-0.3, -0.25) is 0 Å². The normalized spacial score (nSPS) is 13.0. The first-order valence-electron chi connectivity index (χ1n) is 9.41. The predicted molar refractivity (Wildman–Crippen MR) is 118 cm³/mol. The predicted octanol–water partition coefficient (Wildman–Crippen LogP) is 5.88. The molecule has 0 aliphatic heterocycles. The van der Waals surface area contributed by atoms with Gasteiger partial charge < -0.3 is 0 Å². The minimum absolute atomic E-state index is 0.533. The topological polar surface area (TPSA) is 0 Å². The van der Waals surface area contributed by atoms with Gasteiger partial charge in [-0.05, 0) is 24.8 Å². The summed E-state index contributed by atoms with van der Waals surface area (Å²) in [4.78, 5) is 0. The van der Waals surface area contributed by atoms with Crippen molar-refractivity contribution in [1.82, 2.24) is 0 Å². The van der Waals surface area contributed by atoms with Crippen molar-refractivity contribution in [1.29, 1.82) is 0 Å². The Kier molecular flexibility index (Phi) is 6.87. The first-order valence-corrected chi connectivity index (χ1v) is 16.0. The van der Waals surface area contributed by atoms with E-state index in [0.29, 0.717) is 5.54 Å². The van der Waals surface area contributed by atoms with E-state index in [-0.39, 0.29) is 0 Å². The molecule has 0 aliphatic carbocycles. The van der Waals surface area contributed by atoms with Gasteiger partial charge in [-0.25, -0.2) is 0 Å². The molecule has 132 valence electrons. The minimum atomic E-state index is -1.60. The number of hydrogen-bond donors (Lipinski definition) is 0. The van der Waals surface area contributed by atoms with E-state index in [1.807, 2.05) is 0 Å². The van der Waals surface area contributed by atoms with Crippen molar-refractivity contribution in [3.63, 3.8) is 0 Å². The molecule has 0 fully saturated rings. The van der Waals surface area contributed by atoms with Crippen LogP contribution in [0.15, 0.2) is 60.7 Å². The number of hydrogen-bond acceptors (Lipinski definition) is 0. The lowest BCUT2D eigenvalue weighted by Gasteiger charge is -2.30. The van der Waals surface area contributed by atoms with Crippen molar-refractivity contribution in [3.05, 3.63) is 66.2 Å². The van der Waals surface area contributed by atoms with E-state index in [4.69, 9.17) is 0 Å². The highest BCUT2D eigenvalue weighted by Crippen LogP contribution is 2.27. The molecule has 0 spiro atoms. The lowest BCUT2D eigenvalue weighted by atomic mass is 10.1. The lowest BCUT2D eigenvalue weighted by Crippen LogP contribution is -2.45. The third-order valence-corrected chi connectivity index (χ3v) is 9.70. The molecule has 0 aromatic heterocycles. The van der Waals surface area contributed by atoms with Crippen LogP contribution in [0.3, 0.4) is 0 Å². The van der Waals surface area contributed by atoms with Crippen LogP contribution in [-0.2, 0) is 6.42 Å². The van der Waals surface area contributed by atoms with Crippen LogP contribution >= 0.6 is 0 Å². The second kappa shape index (κ2) is 8.69. The zero-order valence-electron chi connectivity index (χ0n) is 16.5. The van der Waals surface area contributed by atoms with Crippen molar-refractivity contribution >= 4 is 21.3 Å². The molecule has 0 saturated carbocycles. The summed E-state index contributed by atoms with van der Waals surface area (Å²) in [7, 11) is -2.94. The molecule has 0 bridgehead atoms. The number of aryl methyl sites for hydroxylation is 1. The molecule has 1 atom stereocenters. The Morgan fingerprint density at radius 2 is 1.36 bits per heavy atom.